The molecule has 5 heteroatoms. The highest BCUT2D eigenvalue weighted by atomic mass is 79.9. The lowest BCUT2D eigenvalue weighted by Gasteiger charge is -2.08. The molecule has 0 heterocycles. The first-order chi connectivity index (χ1) is 7.10. The summed E-state index contributed by atoms with van der Waals surface area (Å²) in [4.78, 5) is 11.5. The van der Waals surface area contributed by atoms with Crippen LogP contribution in [0, 0.1) is 0 Å². The maximum Gasteiger partial charge on any atom is 0.338 e. The van der Waals surface area contributed by atoms with Gasteiger partial charge in [-0.3, -0.25) is 0 Å². The zero-order valence-corrected chi connectivity index (χ0v) is 11.1. The van der Waals surface area contributed by atoms with Gasteiger partial charge >= 0.3 is 5.97 Å². The molecule has 0 aromatic heterocycles. The molecule has 0 aliphatic rings. The Morgan fingerprint density at radius 2 is 2.00 bits per heavy atom. The molecule has 82 valence electrons. The van der Waals surface area contributed by atoms with Crippen LogP contribution >= 0.6 is 39.1 Å². The van der Waals surface area contributed by atoms with Gasteiger partial charge in [-0.05, 0) is 24.6 Å². The maximum atomic E-state index is 11.5. The van der Waals surface area contributed by atoms with Gasteiger partial charge in [0, 0.05) is 5.33 Å². The fraction of sp³-hybridized carbons (Fsp3) is 0.300. The molecular formula is C10H9BrCl2O2. The second-order valence-electron chi connectivity index (χ2n) is 2.78. The summed E-state index contributed by atoms with van der Waals surface area (Å²) < 4.78 is 4.90. The second-order valence-corrected chi connectivity index (χ2v) is 4.15. The van der Waals surface area contributed by atoms with E-state index in [1.54, 1.807) is 13.0 Å². The number of carbonyl (C=O) groups is 1. The number of carbonyl (C=O) groups excluding carboxylic acids is 1. The molecule has 0 aliphatic carbocycles. The molecule has 0 spiro atoms. The quantitative estimate of drug-likeness (QED) is 0.621. The van der Waals surface area contributed by atoms with Crippen molar-refractivity contribution in [3.05, 3.63) is 33.3 Å². The second kappa shape index (κ2) is 5.73. The van der Waals surface area contributed by atoms with Crippen LogP contribution in [0.2, 0.25) is 10.0 Å². The molecular weight excluding hydrogens is 303 g/mol. The van der Waals surface area contributed by atoms with Gasteiger partial charge in [0.25, 0.3) is 0 Å². The molecule has 15 heavy (non-hydrogen) atoms. The highest BCUT2D eigenvalue weighted by Gasteiger charge is 2.14. The number of ether oxygens (including phenoxy) is 1. The average molecular weight is 312 g/mol. The van der Waals surface area contributed by atoms with Crippen LogP contribution in [0.5, 0.6) is 0 Å². The Balaban J connectivity index is 3.15. The molecule has 0 amide bonds. The van der Waals surface area contributed by atoms with E-state index < -0.39 is 0 Å². The number of rotatable bonds is 3. The third-order valence-electron chi connectivity index (χ3n) is 1.79. The first-order valence-electron chi connectivity index (χ1n) is 4.31. The Kier molecular flexibility index (Phi) is 4.90. The molecule has 0 N–H and O–H groups in total. The van der Waals surface area contributed by atoms with E-state index in [2.05, 4.69) is 15.9 Å². The van der Waals surface area contributed by atoms with E-state index >= 15 is 0 Å². The van der Waals surface area contributed by atoms with Gasteiger partial charge in [-0.25, -0.2) is 4.79 Å². The smallest absolute Gasteiger partial charge is 0.338 e. The zero-order valence-electron chi connectivity index (χ0n) is 8.02. The predicted octanol–water partition coefficient (Wildman–Crippen LogP) is 4.07. The first kappa shape index (κ1) is 12.8. The van der Waals surface area contributed by atoms with Crippen LogP contribution in [-0.2, 0) is 10.1 Å². The minimum Gasteiger partial charge on any atom is -0.462 e. The highest BCUT2D eigenvalue weighted by Crippen LogP contribution is 2.27. The van der Waals surface area contributed by atoms with Crippen molar-refractivity contribution in [3.63, 3.8) is 0 Å². The van der Waals surface area contributed by atoms with Crippen LogP contribution in [0.3, 0.4) is 0 Å². The Bertz CT molecular complexity index is 380. The van der Waals surface area contributed by atoms with Gasteiger partial charge in [0.15, 0.2) is 0 Å². The number of hydrogen-bond donors (Lipinski definition) is 0. The molecule has 1 rings (SSSR count). The van der Waals surface area contributed by atoms with E-state index in [1.165, 1.54) is 6.07 Å². The third kappa shape index (κ3) is 3.10. The lowest BCUT2D eigenvalue weighted by molar-refractivity contribution is 0.0525. The normalized spacial score (nSPS) is 10.1. The molecule has 0 bridgehead atoms. The standard InChI is InChI=1S/C10H9BrCl2O2/c1-2-15-10(14)7-4-9(13)8(12)3-6(7)5-11/h3-4H,2,5H2,1H3. The van der Waals surface area contributed by atoms with Crippen LogP contribution < -0.4 is 0 Å². The van der Waals surface area contributed by atoms with Gasteiger partial charge in [-0.1, -0.05) is 39.1 Å². The molecule has 0 atom stereocenters. The summed E-state index contributed by atoms with van der Waals surface area (Å²) in [6.07, 6.45) is 0. The Hall–Kier alpha value is -0.250. The molecule has 2 nitrogen and oxygen atoms in total. The first-order valence-corrected chi connectivity index (χ1v) is 6.18. The summed E-state index contributed by atoms with van der Waals surface area (Å²) in [5.41, 5.74) is 1.21. The maximum absolute atomic E-state index is 11.5. The van der Waals surface area contributed by atoms with Crippen molar-refractivity contribution in [1.29, 1.82) is 0 Å². The van der Waals surface area contributed by atoms with Gasteiger partial charge in [-0.2, -0.15) is 0 Å². The largest absolute Gasteiger partial charge is 0.462 e. The van der Waals surface area contributed by atoms with Crippen LogP contribution in [0.4, 0.5) is 0 Å². The van der Waals surface area contributed by atoms with Crippen molar-refractivity contribution in [2.75, 3.05) is 6.61 Å². The molecule has 0 saturated heterocycles. The van der Waals surface area contributed by atoms with Crippen molar-refractivity contribution in [3.8, 4) is 0 Å². The van der Waals surface area contributed by atoms with Crippen molar-refractivity contribution >= 4 is 45.1 Å². The molecule has 0 unspecified atom stereocenters. The average Bonchev–Trinajstić information content (AvgIpc) is 2.21. The van der Waals surface area contributed by atoms with Crippen LogP contribution in [0.15, 0.2) is 12.1 Å². The molecule has 1 aromatic rings. The predicted molar refractivity (Wildman–Crippen MR) is 65.0 cm³/mol. The summed E-state index contributed by atoms with van der Waals surface area (Å²) in [6.45, 7) is 2.09. The summed E-state index contributed by atoms with van der Waals surface area (Å²) in [6, 6.07) is 3.18. The number of benzene rings is 1. The SMILES string of the molecule is CCOC(=O)c1cc(Cl)c(Cl)cc1CBr. The zero-order chi connectivity index (χ0) is 11.4. The van der Waals surface area contributed by atoms with Gasteiger partial charge in [0.05, 0.1) is 22.2 Å². The number of hydrogen-bond acceptors (Lipinski definition) is 2. The fourth-order valence-corrected chi connectivity index (χ4v) is 1.91. The lowest BCUT2D eigenvalue weighted by Crippen LogP contribution is -2.07. The van der Waals surface area contributed by atoms with Crippen molar-refractivity contribution < 1.29 is 9.53 Å². The van der Waals surface area contributed by atoms with E-state index in [0.717, 1.165) is 5.56 Å². The van der Waals surface area contributed by atoms with Crippen LogP contribution in [-0.4, -0.2) is 12.6 Å². The number of halogens is 3. The fourth-order valence-electron chi connectivity index (χ4n) is 1.10. The van der Waals surface area contributed by atoms with E-state index in [1.807, 2.05) is 0 Å². The molecule has 0 aliphatic heterocycles. The molecule has 1 aromatic carbocycles. The number of alkyl halides is 1. The summed E-state index contributed by atoms with van der Waals surface area (Å²) in [5.74, 6) is -0.384. The van der Waals surface area contributed by atoms with E-state index in [9.17, 15) is 4.79 Å². The van der Waals surface area contributed by atoms with Crippen LogP contribution in [0.1, 0.15) is 22.8 Å². The highest BCUT2D eigenvalue weighted by molar-refractivity contribution is 9.08. The van der Waals surface area contributed by atoms with Gasteiger partial charge in [0.2, 0.25) is 0 Å². The van der Waals surface area contributed by atoms with Crippen molar-refractivity contribution in [2.24, 2.45) is 0 Å². The van der Waals surface area contributed by atoms with Crippen molar-refractivity contribution in [1.82, 2.24) is 0 Å². The Morgan fingerprint density at radius 1 is 1.40 bits per heavy atom. The Morgan fingerprint density at radius 3 is 2.53 bits per heavy atom. The Labute approximate surface area is 107 Å². The van der Waals surface area contributed by atoms with Crippen LogP contribution in [0.25, 0.3) is 0 Å². The minimum atomic E-state index is -0.384. The molecule has 0 fully saturated rings. The third-order valence-corrected chi connectivity index (χ3v) is 3.11. The van der Waals surface area contributed by atoms with E-state index in [-0.39, 0.29) is 5.97 Å². The van der Waals surface area contributed by atoms with Gasteiger partial charge < -0.3 is 4.74 Å². The lowest BCUT2D eigenvalue weighted by atomic mass is 10.1. The van der Waals surface area contributed by atoms with Gasteiger partial charge in [0.1, 0.15) is 0 Å². The minimum absolute atomic E-state index is 0.334. The topological polar surface area (TPSA) is 26.3 Å². The summed E-state index contributed by atoms with van der Waals surface area (Å²) in [5, 5.41) is 1.31. The number of esters is 1. The summed E-state index contributed by atoms with van der Waals surface area (Å²) >= 11 is 15.0. The van der Waals surface area contributed by atoms with Gasteiger partial charge in [-0.15, -0.1) is 0 Å². The van der Waals surface area contributed by atoms with E-state index in [4.69, 9.17) is 27.9 Å². The van der Waals surface area contributed by atoms with Crippen molar-refractivity contribution in [2.45, 2.75) is 12.3 Å². The summed E-state index contributed by atoms with van der Waals surface area (Å²) in [7, 11) is 0. The molecule has 0 radical (unpaired) electrons. The van der Waals surface area contributed by atoms with E-state index in [0.29, 0.717) is 27.5 Å². The monoisotopic (exact) mass is 310 g/mol. The molecule has 0 saturated carbocycles.